The van der Waals surface area contributed by atoms with Crippen LogP contribution in [0.2, 0.25) is 0 Å². The number of carbonyl (C=O) groups is 1. The smallest absolute Gasteiger partial charge is 0.354 e. The van der Waals surface area contributed by atoms with Crippen molar-refractivity contribution in [2.24, 2.45) is 4.99 Å². The number of aliphatic carboxylic acids is 1. The molecule has 13 heavy (non-hydrogen) atoms. The van der Waals surface area contributed by atoms with Crippen LogP contribution in [-0.2, 0) is 11.2 Å². The second kappa shape index (κ2) is 2.97. The highest BCUT2D eigenvalue weighted by Gasteiger charge is 2.19. The molecule has 0 unspecified atom stereocenters. The molecule has 0 aliphatic carbocycles. The van der Waals surface area contributed by atoms with E-state index < -0.39 is 5.97 Å². The molecule has 0 fully saturated rings. The molecule has 2 heterocycles. The maximum atomic E-state index is 10.8. The van der Waals surface area contributed by atoms with Crippen LogP contribution in [0.25, 0.3) is 0 Å². The number of carboxylic acids is 1. The molecule has 0 amide bonds. The number of fused-ring (bicyclic) bond motifs is 1. The van der Waals surface area contributed by atoms with Gasteiger partial charge in [0.2, 0.25) is 0 Å². The average Bonchev–Trinajstić information content (AvgIpc) is 2.17. The van der Waals surface area contributed by atoms with E-state index in [0.717, 1.165) is 12.1 Å². The van der Waals surface area contributed by atoms with Crippen LogP contribution in [0.1, 0.15) is 11.3 Å². The molecule has 0 radical (unpaired) electrons. The van der Waals surface area contributed by atoms with Crippen molar-refractivity contribution in [3.8, 4) is 0 Å². The largest absolute Gasteiger partial charge is 0.477 e. The zero-order valence-electron chi connectivity index (χ0n) is 6.90. The molecule has 2 rings (SSSR count). The van der Waals surface area contributed by atoms with Gasteiger partial charge in [-0.3, -0.25) is 9.98 Å². The summed E-state index contributed by atoms with van der Waals surface area (Å²) >= 11 is 0. The van der Waals surface area contributed by atoms with Gasteiger partial charge in [0.25, 0.3) is 0 Å². The summed E-state index contributed by atoms with van der Waals surface area (Å²) in [5.74, 6) is -0.978. The van der Waals surface area contributed by atoms with Crippen LogP contribution in [0.15, 0.2) is 23.3 Å². The number of aliphatic imine (C=N–C) groups is 1. The second-order valence-corrected chi connectivity index (χ2v) is 2.78. The Morgan fingerprint density at radius 2 is 2.38 bits per heavy atom. The van der Waals surface area contributed by atoms with Gasteiger partial charge in [-0.25, -0.2) is 4.79 Å². The molecule has 1 aromatic heterocycles. The van der Waals surface area contributed by atoms with Crippen molar-refractivity contribution < 1.29 is 9.90 Å². The van der Waals surface area contributed by atoms with Crippen molar-refractivity contribution in [1.29, 1.82) is 0 Å². The number of rotatable bonds is 1. The fourth-order valence-electron chi connectivity index (χ4n) is 1.39. The first-order chi connectivity index (χ1) is 6.29. The summed E-state index contributed by atoms with van der Waals surface area (Å²) in [5.41, 5.74) is 1.62. The van der Waals surface area contributed by atoms with E-state index in [2.05, 4.69) is 9.98 Å². The fraction of sp³-hybridized carbons (Fsp3) is 0.222. The standard InChI is InChI=1S/C9H8N2O2/c12-9(13)8-6-2-1-4-10-7(6)3-5-11-8/h1-2,4H,3,5H2,(H,12,13). The Labute approximate surface area is 75.0 Å². The number of pyridine rings is 1. The molecule has 0 aromatic carbocycles. The molecule has 0 saturated heterocycles. The maximum absolute atomic E-state index is 10.8. The molecule has 0 atom stereocenters. The van der Waals surface area contributed by atoms with Crippen molar-refractivity contribution in [1.82, 2.24) is 4.98 Å². The molecule has 0 saturated carbocycles. The van der Waals surface area contributed by atoms with Crippen LogP contribution in [0.5, 0.6) is 0 Å². The minimum atomic E-state index is -0.978. The van der Waals surface area contributed by atoms with Crippen molar-refractivity contribution >= 4 is 11.7 Å². The molecule has 66 valence electrons. The molecule has 0 spiro atoms. The van der Waals surface area contributed by atoms with Gasteiger partial charge in [0, 0.05) is 24.7 Å². The van der Waals surface area contributed by atoms with Gasteiger partial charge in [-0.2, -0.15) is 0 Å². The number of nitrogens with zero attached hydrogens (tertiary/aromatic N) is 2. The number of hydrogen-bond donors (Lipinski definition) is 1. The van der Waals surface area contributed by atoms with Crippen molar-refractivity contribution in [3.05, 3.63) is 29.6 Å². The quantitative estimate of drug-likeness (QED) is 0.678. The van der Waals surface area contributed by atoms with Gasteiger partial charge in [0.15, 0.2) is 5.71 Å². The van der Waals surface area contributed by atoms with Gasteiger partial charge in [0.05, 0.1) is 5.69 Å². The highest BCUT2D eigenvalue weighted by molar-refractivity contribution is 6.43. The Bertz CT molecular complexity index is 385. The lowest BCUT2D eigenvalue weighted by molar-refractivity contribution is -0.129. The molecule has 0 bridgehead atoms. The van der Waals surface area contributed by atoms with Gasteiger partial charge in [0.1, 0.15) is 0 Å². The van der Waals surface area contributed by atoms with Crippen LogP contribution in [0, 0.1) is 0 Å². The third kappa shape index (κ3) is 1.30. The predicted molar refractivity (Wildman–Crippen MR) is 47.0 cm³/mol. The molecule has 1 aliphatic rings. The van der Waals surface area contributed by atoms with E-state index in [-0.39, 0.29) is 5.71 Å². The van der Waals surface area contributed by atoms with Gasteiger partial charge in [-0.1, -0.05) is 0 Å². The SMILES string of the molecule is O=C(O)C1=NCCc2ncccc21. The second-order valence-electron chi connectivity index (χ2n) is 2.78. The van der Waals surface area contributed by atoms with Crippen LogP contribution in [0.4, 0.5) is 0 Å². The lowest BCUT2D eigenvalue weighted by Gasteiger charge is -2.11. The molecular weight excluding hydrogens is 168 g/mol. The maximum Gasteiger partial charge on any atom is 0.354 e. The Hall–Kier alpha value is -1.71. The summed E-state index contributed by atoms with van der Waals surface area (Å²) in [6, 6.07) is 3.47. The van der Waals surface area contributed by atoms with Gasteiger partial charge in [-0.15, -0.1) is 0 Å². The first-order valence-corrected chi connectivity index (χ1v) is 4.01. The van der Waals surface area contributed by atoms with Crippen LogP contribution in [-0.4, -0.2) is 28.3 Å². The topological polar surface area (TPSA) is 62.5 Å². The van der Waals surface area contributed by atoms with Crippen molar-refractivity contribution in [2.75, 3.05) is 6.54 Å². The third-order valence-electron chi connectivity index (χ3n) is 1.97. The first kappa shape index (κ1) is 7.91. The number of carboxylic acid groups (broad SMARTS) is 1. The predicted octanol–water partition coefficient (Wildman–Crippen LogP) is 0.511. The van der Waals surface area contributed by atoms with Crippen LogP contribution < -0.4 is 0 Å². The summed E-state index contributed by atoms with van der Waals surface area (Å²) in [6.07, 6.45) is 2.40. The molecule has 4 heteroatoms. The minimum absolute atomic E-state index is 0.134. The van der Waals surface area contributed by atoms with Gasteiger partial charge >= 0.3 is 5.97 Å². The Balaban J connectivity index is 2.53. The Kier molecular flexibility index (Phi) is 1.81. The van der Waals surface area contributed by atoms with Gasteiger partial charge < -0.3 is 5.11 Å². The summed E-state index contributed by atoms with van der Waals surface area (Å²) < 4.78 is 0. The van der Waals surface area contributed by atoms with E-state index in [0.29, 0.717) is 12.1 Å². The highest BCUT2D eigenvalue weighted by atomic mass is 16.4. The summed E-state index contributed by atoms with van der Waals surface area (Å²) in [5, 5.41) is 8.83. The normalized spacial score (nSPS) is 14.6. The van der Waals surface area contributed by atoms with E-state index in [1.807, 2.05) is 0 Å². The molecule has 4 nitrogen and oxygen atoms in total. The zero-order chi connectivity index (χ0) is 9.26. The van der Waals surface area contributed by atoms with Crippen molar-refractivity contribution in [3.63, 3.8) is 0 Å². The monoisotopic (exact) mass is 176 g/mol. The molecule has 1 N–H and O–H groups in total. The molecule has 1 aromatic rings. The number of hydrogen-bond acceptors (Lipinski definition) is 3. The first-order valence-electron chi connectivity index (χ1n) is 4.01. The summed E-state index contributed by atoms with van der Waals surface area (Å²) in [4.78, 5) is 18.8. The fourth-order valence-corrected chi connectivity index (χ4v) is 1.39. The van der Waals surface area contributed by atoms with E-state index >= 15 is 0 Å². The van der Waals surface area contributed by atoms with E-state index in [9.17, 15) is 4.79 Å². The van der Waals surface area contributed by atoms with Crippen LogP contribution in [0.3, 0.4) is 0 Å². The third-order valence-corrected chi connectivity index (χ3v) is 1.97. The van der Waals surface area contributed by atoms with Gasteiger partial charge in [-0.05, 0) is 12.1 Å². The summed E-state index contributed by atoms with van der Waals surface area (Å²) in [6.45, 7) is 0.519. The van der Waals surface area contributed by atoms with E-state index in [4.69, 9.17) is 5.11 Å². The lowest BCUT2D eigenvalue weighted by Crippen LogP contribution is -2.21. The Morgan fingerprint density at radius 1 is 1.54 bits per heavy atom. The zero-order valence-corrected chi connectivity index (χ0v) is 6.90. The molecular formula is C9H8N2O2. The van der Waals surface area contributed by atoms with Crippen molar-refractivity contribution in [2.45, 2.75) is 6.42 Å². The van der Waals surface area contributed by atoms with E-state index in [1.54, 1.807) is 18.3 Å². The van der Waals surface area contributed by atoms with E-state index in [1.165, 1.54) is 0 Å². The Morgan fingerprint density at radius 3 is 3.15 bits per heavy atom. The minimum Gasteiger partial charge on any atom is -0.477 e. The molecule has 1 aliphatic heterocycles. The lowest BCUT2D eigenvalue weighted by atomic mass is 10.0. The average molecular weight is 176 g/mol. The highest BCUT2D eigenvalue weighted by Crippen LogP contribution is 2.12. The summed E-state index contributed by atoms with van der Waals surface area (Å²) in [7, 11) is 0. The van der Waals surface area contributed by atoms with Crippen LogP contribution >= 0.6 is 0 Å². The number of aromatic nitrogens is 1.